The third-order valence-electron chi connectivity index (χ3n) is 2.17. The Kier molecular flexibility index (Phi) is 3.99. The lowest BCUT2D eigenvalue weighted by molar-refractivity contribution is -0.131. The lowest BCUT2D eigenvalue weighted by atomic mass is 10.2. The van der Waals surface area contributed by atoms with E-state index in [4.69, 9.17) is 5.11 Å². The van der Waals surface area contributed by atoms with Crippen molar-refractivity contribution in [2.24, 2.45) is 0 Å². The second-order valence-corrected chi connectivity index (χ2v) is 4.32. The SMILES string of the molecule is O=C(O)/C=C/c1ccc(NC(=O)c2cnns2)cc1. The number of anilines is 1. The number of nitrogens with zero attached hydrogens (tertiary/aromatic N) is 2. The van der Waals surface area contributed by atoms with Gasteiger partial charge in [-0.2, -0.15) is 0 Å². The summed E-state index contributed by atoms with van der Waals surface area (Å²) in [5, 5.41) is 14.8. The first-order valence-corrected chi connectivity index (χ1v) is 6.02. The minimum Gasteiger partial charge on any atom is -0.478 e. The Hall–Kier alpha value is -2.54. The first-order chi connectivity index (χ1) is 9.15. The summed E-state index contributed by atoms with van der Waals surface area (Å²) < 4.78 is 3.61. The quantitative estimate of drug-likeness (QED) is 0.831. The number of hydrogen-bond acceptors (Lipinski definition) is 5. The molecule has 19 heavy (non-hydrogen) atoms. The molecule has 0 aliphatic carbocycles. The lowest BCUT2D eigenvalue weighted by Crippen LogP contribution is -2.09. The number of nitrogens with one attached hydrogen (secondary N) is 1. The summed E-state index contributed by atoms with van der Waals surface area (Å²) in [7, 11) is 0. The highest BCUT2D eigenvalue weighted by Gasteiger charge is 2.08. The topological polar surface area (TPSA) is 92.2 Å². The van der Waals surface area contributed by atoms with Crippen LogP contribution in [0.1, 0.15) is 15.2 Å². The summed E-state index contributed by atoms with van der Waals surface area (Å²) in [6.45, 7) is 0. The monoisotopic (exact) mass is 275 g/mol. The molecule has 0 spiro atoms. The number of carbonyl (C=O) groups is 2. The molecule has 0 saturated carbocycles. The van der Waals surface area contributed by atoms with Crippen molar-refractivity contribution in [1.82, 2.24) is 9.59 Å². The van der Waals surface area contributed by atoms with Gasteiger partial charge in [0.25, 0.3) is 5.91 Å². The van der Waals surface area contributed by atoms with Crippen molar-refractivity contribution >= 4 is 35.2 Å². The molecule has 7 heteroatoms. The average Bonchev–Trinajstić information content (AvgIpc) is 2.92. The first kappa shape index (κ1) is 12.9. The zero-order valence-corrected chi connectivity index (χ0v) is 10.4. The molecule has 0 atom stereocenters. The van der Waals surface area contributed by atoms with Crippen LogP contribution in [-0.2, 0) is 4.79 Å². The van der Waals surface area contributed by atoms with Gasteiger partial charge in [-0.15, -0.1) is 5.10 Å². The van der Waals surface area contributed by atoms with Crippen LogP contribution in [0.3, 0.4) is 0 Å². The summed E-state index contributed by atoms with van der Waals surface area (Å²) in [6.07, 6.45) is 3.92. The molecule has 2 rings (SSSR count). The van der Waals surface area contributed by atoms with E-state index in [0.717, 1.165) is 23.2 Å². The zero-order chi connectivity index (χ0) is 13.7. The molecule has 96 valence electrons. The fourth-order valence-electron chi connectivity index (χ4n) is 1.30. The molecule has 0 radical (unpaired) electrons. The Bertz CT molecular complexity index is 606. The van der Waals surface area contributed by atoms with Crippen LogP contribution in [0.4, 0.5) is 5.69 Å². The van der Waals surface area contributed by atoms with Gasteiger partial charge in [0.2, 0.25) is 0 Å². The second-order valence-electron chi connectivity index (χ2n) is 3.53. The molecule has 1 amide bonds. The van der Waals surface area contributed by atoms with E-state index in [1.807, 2.05) is 0 Å². The summed E-state index contributed by atoms with van der Waals surface area (Å²) in [6, 6.07) is 6.79. The largest absolute Gasteiger partial charge is 0.478 e. The highest BCUT2D eigenvalue weighted by molar-refractivity contribution is 7.07. The van der Waals surface area contributed by atoms with Gasteiger partial charge in [0.05, 0.1) is 6.20 Å². The highest BCUT2D eigenvalue weighted by Crippen LogP contribution is 2.13. The number of carboxylic acids is 1. The first-order valence-electron chi connectivity index (χ1n) is 5.25. The number of carboxylic acid groups (broad SMARTS) is 1. The molecule has 0 saturated heterocycles. The number of aliphatic carboxylic acids is 1. The van der Waals surface area contributed by atoms with E-state index in [1.54, 1.807) is 24.3 Å². The second kappa shape index (κ2) is 5.87. The van der Waals surface area contributed by atoms with Crippen molar-refractivity contribution in [3.8, 4) is 0 Å². The molecular weight excluding hydrogens is 266 g/mol. The molecule has 1 aromatic heterocycles. The van der Waals surface area contributed by atoms with Gasteiger partial charge < -0.3 is 10.4 Å². The van der Waals surface area contributed by atoms with Crippen molar-refractivity contribution in [3.63, 3.8) is 0 Å². The molecular formula is C12H9N3O3S. The number of amides is 1. The molecule has 0 unspecified atom stereocenters. The van der Waals surface area contributed by atoms with E-state index < -0.39 is 5.97 Å². The summed E-state index contributed by atoms with van der Waals surface area (Å²) >= 11 is 1.02. The summed E-state index contributed by atoms with van der Waals surface area (Å²) in [5.74, 6) is -1.28. The highest BCUT2D eigenvalue weighted by atomic mass is 32.1. The molecule has 1 heterocycles. The van der Waals surface area contributed by atoms with Crippen molar-refractivity contribution < 1.29 is 14.7 Å². The molecule has 0 bridgehead atoms. The van der Waals surface area contributed by atoms with Gasteiger partial charge in [-0.05, 0) is 35.3 Å². The van der Waals surface area contributed by atoms with E-state index in [2.05, 4.69) is 14.9 Å². The smallest absolute Gasteiger partial charge is 0.328 e. The van der Waals surface area contributed by atoms with Gasteiger partial charge in [0.15, 0.2) is 0 Å². The van der Waals surface area contributed by atoms with Crippen molar-refractivity contribution in [2.45, 2.75) is 0 Å². The van der Waals surface area contributed by atoms with E-state index in [0.29, 0.717) is 10.6 Å². The molecule has 2 aromatic rings. The van der Waals surface area contributed by atoms with Gasteiger partial charge in [0.1, 0.15) is 4.88 Å². The van der Waals surface area contributed by atoms with E-state index in [1.165, 1.54) is 12.3 Å². The van der Waals surface area contributed by atoms with Crippen molar-refractivity contribution in [2.75, 3.05) is 5.32 Å². The lowest BCUT2D eigenvalue weighted by Gasteiger charge is -2.03. The van der Waals surface area contributed by atoms with Gasteiger partial charge in [-0.3, -0.25) is 4.79 Å². The van der Waals surface area contributed by atoms with Crippen LogP contribution in [-0.4, -0.2) is 26.6 Å². The molecule has 0 aliphatic heterocycles. The van der Waals surface area contributed by atoms with E-state index >= 15 is 0 Å². The molecule has 2 N–H and O–H groups in total. The third kappa shape index (κ3) is 3.71. The molecule has 0 fully saturated rings. The van der Waals surface area contributed by atoms with Crippen LogP contribution in [0.15, 0.2) is 36.5 Å². The number of aromatic nitrogens is 2. The normalized spacial score (nSPS) is 10.5. The van der Waals surface area contributed by atoms with Crippen LogP contribution in [0.5, 0.6) is 0 Å². The zero-order valence-electron chi connectivity index (χ0n) is 9.61. The number of rotatable bonds is 4. The Balaban J connectivity index is 2.03. The van der Waals surface area contributed by atoms with Gasteiger partial charge in [0, 0.05) is 11.8 Å². The Morgan fingerprint density at radius 2 is 2.00 bits per heavy atom. The number of carbonyl (C=O) groups excluding carboxylic acids is 1. The van der Waals surface area contributed by atoms with Crippen LogP contribution in [0.25, 0.3) is 6.08 Å². The minimum absolute atomic E-state index is 0.274. The predicted octanol–water partition coefficient (Wildman–Crippen LogP) is 1.89. The summed E-state index contributed by atoms with van der Waals surface area (Å²) in [5.41, 5.74) is 1.35. The van der Waals surface area contributed by atoms with Crippen LogP contribution in [0, 0.1) is 0 Å². The van der Waals surface area contributed by atoms with E-state index in [-0.39, 0.29) is 5.91 Å². The molecule has 1 aromatic carbocycles. The van der Waals surface area contributed by atoms with Crippen LogP contribution >= 0.6 is 11.5 Å². The van der Waals surface area contributed by atoms with Gasteiger partial charge in [-0.25, -0.2) is 4.79 Å². The molecule has 0 aliphatic rings. The van der Waals surface area contributed by atoms with Crippen LogP contribution in [0.2, 0.25) is 0 Å². The number of benzene rings is 1. The maximum atomic E-state index is 11.7. The third-order valence-corrected chi connectivity index (χ3v) is 2.84. The molecule has 6 nitrogen and oxygen atoms in total. The average molecular weight is 275 g/mol. The van der Waals surface area contributed by atoms with E-state index in [9.17, 15) is 9.59 Å². The minimum atomic E-state index is -1.00. The van der Waals surface area contributed by atoms with Gasteiger partial charge >= 0.3 is 5.97 Å². The maximum Gasteiger partial charge on any atom is 0.328 e. The number of hydrogen-bond donors (Lipinski definition) is 2. The Labute approximate surface area is 112 Å². The van der Waals surface area contributed by atoms with Crippen molar-refractivity contribution in [1.29, 1.82) is 0 Å². The maximum absolute atomic E-state index is 11.7. The van der Waals surface area contributed by atoms with Crippen LogP contribution < -0.4 is 5.32 Å². The fourth-order valence-corrected chi connectivity index (χ4v) is 1.72. The van der Waals surface area contributed by atoms with Gasteiger partial charge in [-0.1, -0.05) is 16.6 Å². The fraction of sp³-hybridized carbons (Fsp3) is 0. The Morgan fingerprint density at radius 3 is 2.58 bits per heavy atom. The Morgan fingerprint density at radius 1 is 1.26 bits per heavy atom. The predicted molar refractivity (Wildman–Crippen MR) is 71.0 cm³/mol. The summed E-state index contributed by atoms with van der Waals surface area (Å²) in [4.78, 5) is 22.5. The standard InChI is InChI=1S/C12H9N3O3S/c16-11(17)6-3-8-1-4-9(5-2-8)14-12(18)10-7-13-15-19-10/h1-7H,(H,14,18)(H,16,17)/b6-3+. The van der Waals surface area contributed by atoms with Crippen molar-refractivity contribution in [3.05, 3.63) is 47.0 Å².